The minimum atomic E-state index is 0.504. The van der Waals surface area contributed by atoms with Crippen molar-refractivity contribution < 1.29 is 0 Å². The molecule has 0 aliphatic heterocycles. The highest BCUT2D eigenvalue weighted by atomic mass is 35.5. The number of rotatable bonds is 4. The van der Waals surface area contributed by atoms with Gasteiger partial charge in [-0.2, -0.15) is 0 Å². The van der Waals surface area contributed by atoms with Gasteiger partial charge < -0.3 is 9.88 Å². The SMILES string of the molecule is CCc1c(Cl)ncnc1NCc1nccn1C. The lowest BCUT2D eigenvalue weighted by atomic mass is 10.2. The molecule has 2 aromatic rings. The summed E-state index contributed by atoms with van der Waals surface area (Å²) in [5, 5.41) is 3.73. The fourth-order valence-corrected chi connectivity index (χ4v) is 1.85. The third-order valence-electron chi connectivity index (χ3n) is 2.58. The quantitative estimate of drug-likeness (QED) is 0.845. The molecule has 6 heteroatoms. The van der Waals surface area contributed by atoms with Gasteiger partial charge in [0.05, 0.1) is 6.54 Å². The van der Waals surface area contributed by atoms with E-state index in [0.29, 0.717) is 11.7 Å². The number of nitrogens with one attached hydrogen (secondary N) is 1. The third kappa shape index (κ3) is 2.55. The molecule has 0 bridgehead atoms. The Kier molecular flexibility index (Phi) is 3.58. The van der Waals surface area contributed by atoms with Gasteiger partial charge in [-0.25, -0.2) is 15.0 Å². The van der Waals surface area contributed by atoms with Gasteiger partial charge in [-0.1, -0.05) is 18.5 Å². The molecule has 2 heterocycles. The van der Waals surface area contributed by atoms with E-state index in [4.69, 9.17) is 11.6 Å². The van der Waals surface area contributed by atoms with Crippen LogP contribution in [0.1, 0.15) is 18.3 Å². The summed E-state index contributed by atoms with van der Waals surface area (Å²) in [6.07, 6.45) is 5.93. The molecule has 0 amide bonds. The predicted molar refractivity (Wildman–Crippen MR) is 67.0 cm³/mol. The molecule has 0 radical (unpaired) electrons. The summed E-state index contributed by atoms with van der Waals surface area (Å²) in [6.45, 7) is 2.64. The molecule has 0 saturated heterocycles. The minimum absolute atomic E-state index is 0.504. The van der Waals surface area contributed by atoms with E-state index in [9.17, 15) is 0 Å². The largest absolute Gasteiger partial charge is 0.362 e. The maximum absolute atomic E-state index is 6.01. The van der Waals surface area contributed by atoms with E-state index in [2.05, 4.69) is 20.3 Å². The van der Waals surface area contributed by atoms with Gasteiger partial charge in [0.15, 0.2) is 0 Å². The van der Waals surface area contributed by atoms with Crippen molar-refractivity contribution in [1.29, 1.82) is 0 Å². The Morgan fingerprint density at radius 2 is 2.18 bits per heavy atom. The number of aryl methyl sites for hydroxylation is 1. The molecule has 0 unspecified atom stereocenters. The van der Waals surface area contributed by atoms with Crippen LogP contribution in [0.2, 0.25) is 5.15 Å². The van der Waals surface area contributed by atoms with E-state index in [1.807, 2.05) is 24.7 Å². The van der Waals surface area contributed by atoms with Crippen LogP contribution in [0.3, 0.4) is 0 Å². The second-order valence-corrected chi connectivity index (χ2v) is 4.01. The summed E-state index contributed by atoms with van der Waals surface area (Å²) < 4.78 is 1.96. The van der Waals surface area contributed by atoms with Crippen LogP contribution in [0, 0.1) is 0 Å². The fourth-order valence-electron chi connectivity index (χ4n) is 1.59. The molecule has 0 aromatic carbocycles. The van der Waals surface area contributed by atoms with E-state index < -0.39 is 0 Å². The maximum Gasteiger partial charge on any atom is 0.137 e. The summed E-state index contributed by atoms with van der Waals surface area (Å²) in [5.74, 6) is 1.72. The molecular weight excluding hydrogens is 238 g/mol. The average Bonchev–Trinajstić information content (AvgIpc) is 2.72. The first kappa shape index (κ1) is 11.9. The minimum Gasteiger partial charge on any atom is -0.362 e. The molecule has 2 aromatic heterocycles. The van der Waals surface area contributed by atoms with Crippen molar-refractivity contribution in [3.8, 4) is 0 Å². The topological polar surface area (TPSA) is 55.6 Å². The highest BCUT2D eigenvalue weighted by molar-refractivity contribution is 6.30. The van der Waals surface area contributed by atoms with Crippen LogP contribution in [-0.4, -0.2) is 19.5 Å². The van der Waals surface area contributed by atoms with E-state index in [-0.39, 0.29) is 0 Å². The lowest BCUT2D eigenvalue weighted by Crippen LogP contribution is -2.09. The number of hydrogen-bond acceptors (Lipinski definition) is 4. The predicted octanol–water partition coefficient (Wildman–Crippen LogP) is 2.04. The number of anilines is 1. The van der Waals surface area contributed by atoms with Crippen molar-refractivity contribution in [2.75, 3.05) is 5.32 Å². The molecule has 90 valence electrons. The molecule has 5 nitrogen and oxygen atoms in total. The highest BCUT2D eigenvalue weighted by Gasteiger charge is 2.08. The van der Waals surface area contributed by atoms with Gasteiger partial charge in [0.2, 0.25) is 0 Å². The van der Waals surface area contributed by atoms with Crippen molar-refractivity contribution in [2.45, 2.75) is 19.9 Å². The number of hydrogen-bond donors (Lipinski definition) is 1. The standard InChI is InChI=1S/C11H14ClN5/c1-3-8-10(12)15-7-16-11(8)14-6-9-13-4-5-17(9)2/h4-5,7H,3,6H2,1-2H3,(H,14,15,16). The molecule has 0 spiro atoms. The van der Waals surface area contributed by atoms with E-state index in [1.165, 1.54) is 6.33 Å². The molecule has 17 heavy (non-hydrogen) atoms. The first-order chi connectivity index (χ1) is 8.22. The molecular formula is C11H14ClN5. The summed E-state index contributed by atoms with van der Waals surface area (Å²) in [4.78, 5) is 12.4. The number of nitrogens with zero attached hydrogens (tertiary/aromatic N) is 4. The maximum atomic E-state index is 6.01. The normalized spacial score (nSPS) is 10.5. The first-order valence-electron chi connectivity index (χ1n) is 5.41. The zero-order valence-corrected chi connectivity index (χ0v) is 10.6. The molecule has 0 aliphatic rings. The van der Waals surface area contributed by atoms with Crippen molar-refractivity contribution in [1.82, 2.24) is 19.5 Å². The van der Waals surface area contributed by atoms with Crippen LogP contribution in [0.5, 0.6) is 0 Å². The molecule has 0 aliphatic carbocycles. The van der Waals surface area contributed by atoms with Gasteiger partial charge in [-0.15, -0.1) is 0 Å². The van der Waals surface area contributed by atoms with Crippen molar-refractivity contribution >= 4 is 17.4 Å². The second-order valence-electron chi connectivity index (χ2n) is 3.65. The van der Waals surface area contributed by atoms with Crippen LogP contribution in [0.4, 0.5) is 5.82 Å². The van der Waals surface area contributed by atoms with Gasteiger partial charge >= 0.3 is 0 Å². The molecule has 0 saturated carbocycles. The van der Waals surface area contributed by atoms with E-state index in [1.54, 1.807) is 6.20 Å². The Morgan fingerprint density at radius 3 is 2.82 bits per heavy atom. The van der Waals surface area contributed by atoms with Gasteiger partial charge in [0.1, 0.15) is 23.1 Å². The van der Waals surface area contributed by atoms with Gasteiger partial charge in [-0.05, 0) is 6.42 Å². The lowest BCUT2D eigenvalue weighted by molar-refractivity contribution is 0.809. The number of imidazole rings is 1. The van der Waals surface area contributed by atoms with Crippen molar-refractivity contribution in [3.05, 3.63) is 35.3 Å². The highest BCUT2D eigenvalue weighted by Crippen LogP contribution is 2.20. The van der Waals surface area contributed by atoms with Crippen LogP contribution in [-0.2, 0) is 20.0 Å². The smallest absolute Gasteiger partial charge is 0.137 e. The first-order valence-corrected chi connectivity index (χ1v) is 5.79. The number of halogens is 1. The zero-order valence-electron chi connectivity index (χ0n) is 9.81. The second kappa shape index (κ2) is 5.14. The van der Waals surface area contributed by atoms with E-state index in [0.717, 1.165) is 23.6 Å². The lowest BCUT2D eigenvalue weighted by Gasteiger charge is -2.10. The summed E-state index contributed by atoms with van der Waals surface area (Å²) >= 11 is 6.01. The molecule has 0 fully saturated rings. The Balaban J connectivity index is 2.14. The van der Waals surface area contributed by atoms with Crippen LogP contribution in [0.25, 0.3) is 0 Å². The van der Waals surface area contributed by atoms with Crippen LogP contribution < -0.4 is 5.32 Å². The Morgan fingerprint density at radius 1 is 1.35 bits per heavy atom. The van der Waals surface area contributed by atoms with Gasteiger partial charge in [-0.3, -0.25) is 0 Å². The van der Waals surface area contributed by atoms with E-state index >= 15 is 0 Å². The van der Waals surface area contributed by atoms with Gasteiger partial charge in [0, 0.05) is 25.0 Å². The van der Waals surface area contributed by atoms with Crippen LogP contribution >= 0.6 is 11.6 Å². The Bertz CT molecular complexity index is 508. The average molecular weight is 252 g/mol. The zero-order chi connectivity index (χ0) is 12.3. The number of aromatic nitrogens is 4. The van der Waals surface area contributed by atoms with Crippen LogP contribution in [0.15, 0.2) is 18.7 Å². The summed E-state index contributed by atoms with van der Waals surface area (Å²) in [6, 6.07) is 0. The molecule has 1 N–H and O–H groups in total. The van der Waals surface area contributed by atoms with Crippen molar-refractivity contribution in [2.24, 2.45) is 7.05 Å². The Labute approximate surface area is 105 Å². The summed E-state index contributed by atoms with van der Waals surface area (Å²) in [7, 11) is 1.96. The third-order valence-corrected chi connectivity index (χ3v) is 2.91. The Hall–Kier alpha value is -1.62. The monoisotopic (exact) mass is 251 g/mol. The summed E-state index contributed by atoms with van der Waals surface area (Å²) in [5.41, 5.74) is 0.934. The molecule has 2 rings (SSSR count). The van der Waals surface area contributed by atoms with Gasteiger partial charge in [0.25, 0.3) is 0 Å². The van der Waals surface area contributed by atoms with Crippen molar-refractivity contribution in [3.63, 3.8) is 0 Å². The molecule has 0 atom stereocenters. The fraction of sp³-hybridized carbons (Fsp3) is 0.364.